The third kappa shape index (κ3) is 1.11. The lowest BCUT2D eigenvalue weighted by atomic mass is 10.0. The monoisotopic (exact) mass is 151 g/mol. The molecule has 1 aliphatic carbocycles. The Morgan fingerprint density at radius 2 is 2.18 bits per heavy atom. The van der Waals surface area contributed by atoms with Gasteiger partial charge in [-0.05, 0) is 12.8 Å². The minimum absolute atomic E-state index is 0.650. The average Bonchev–Trinajstić information content (AvgIpc) is 2.55. The van der Waals surface area contributed by atoms with Crippen LogP contribution in [0.4, 0.5) is 5.82 Å². The molecule has 1 fully saturated rings. The summed E-state index contributed by atoms with van der Waals surface area (Å²) in [5.41, 5.74) is 6.83. The number of imidazole rings is 1. The van der Waals surface area contributed by atoms with E-state index in [0.29, 0.717) is 11.7 Å². The number of nitrogen functional groups attached to an aromatic ring is 1. The maximum Gasteiger partial charge on any atom is 0.144 e. The molecule has 0 saturated heterocycles. The van der Waals surface area contributed by atoms with Crippen molar-refractivity contribution in [3.05, 3.63) is 12.0 Å². The van der Waals surface area contributed by atoms with Crippen molar-refractivity contribution in [1.29, 1.82) is 0 Å². The molecule has 2 rings (SSSR count). The van der Waals surface area contributed by atoms with Crippen molar-refractivity contribution in [2.45, 2.75) is 31.6 Å². The van der Waals surface area contributed by atoms with E-state index in [2.05, 4.69) is 9.97 Å². The maximum atomic E-state index is 5.68. The Balaban J connectivity index is 2.21. The molecule has 3 nitrogen and oxygen atoms in total. The Hall–Kier alpha value is -0.990. The van der Waals surface area contributed by atoms with E-state index >= 15 is 0 Å². The van der Waals surface area contributed by atoms with Crippen molar-refractivity contribution in [3.63, 3.8) is 0 Å². The van der Waals surface area contributed by atoms with Crippen LogP contribution in [0, 0.1) is 0 Å². The van der Waals surface area contributed by atoms with E-state index in [1.54, 1.807) is 6.33 Å². The van der Waals surface area contributed by atoms with E-state index in [1.165, 1.54) is 25.7 Å². The number of aromatic amines is 1. The predicted octanol–water partition coefficient (Wildman–Crippen LogP) is 1.65. The second kappa shape index (κ2) is 2.57. The molecule has 0 aliphatic heterocycles. The van der Waals surface area contributed by atoms with Gasteiger partial charge < -0.3 is 10.7 Å². The van der Waals surface area contributed by atoms with Crippen LogP contribution >= 0.6 is 0 Å². The Morgan fingerprint density at radius 3 is 2.73 bits per heavy atom. The van der Waals surface area contributed by atoms with Crippen molar-refractivity contribution in [1.82, 2.24) is 9.97 Å². The van der Waals surface area contributed by atoms with Gasteiger partial charge in [0, 0.05) is 5.92 Å². The van der Waals surface area contributed by atoms with Gasteiger partial charge in [-0.1, -0.05) is 12.8 Å². The lowest BCUT2D eigenvalue weighted by Gasteiger charge is -2.05. The molecule has 3 N–H and O–H groups in total. The van der Waals surface area contributed by atoms with Crippen LogP contribution in [0.15, 0.2) is 6.33 Å². The molecule has 0 unspecified atom stereocenters. The summed E-state index contributed by atoms with van der Waals surface area (Å²) in [6.45, 7) is 0. The van der Waals surface area contributed by atoms with Crippen LogP contribution in [0.1, 0.15) is 37.3 Å². The molecule has 60 valence electrons. The first-order valence-electron chi connectivity index (χ1n) is 4.16. The molecule has 11 heavy (non-hydrogen) atoms. The molecule has 0 spiro atoms. The van der Waals surface area contributed by atoms with E-state index in [4.69, 9.17) is 5.73 Å². The fourth-order valence-electron chi connectivity index (χ4n) is 1.86. The highest BCUT2D eigenvalue weighted by atomic mass is 15.0. The quantitative estimate of drug-likeness (QED) is 0.641. The van der Waals surface area contributed by atoms with Crippen molar-refractivity contribution < 1.29 is 0 Å². The van der Waals surface area contributed by atoms with Crippen LogP contribution < -0.4 is 5.73 Å². The molecule has 0 atom stereocenters. The van der Waals surface area contributed by atoms with Gasteiger partial charge in [-0.2, -0.15) is 0 Å². The van der Waals surface area contributed by atoms with Crippen LogP contribution in [0.25, 0.3) is 0 Å². The van der Waals surface area contributed by atoms with E-state index in [0.717, 1.165) is 5.69 Å². The molecule has 1 saturated carbocycles. The summed E-state index contributed by atoms with van der Waals surface area (Å²) in [5, 5.41) is 0. The van der Waals surface area contributed by atoms with Crippen molar-refractivity contribution in [2.75, 3.05) is 5.73 Å². The molecule has 1 aromatic rings. The summed E-state index contributed by atoms with van der Waals surface area (Å²) < 4.78 is 0. The molecule has 1 aliphatic rings. The molecule has 0 bridgehead atoms. The molecule has 3 heteroatoms. The number of H-pyrrole nitrogens is 1. The van der Waals surface area contributed by atoms with Gasteiger partial charge in [0.2, 0.25) is 0 Å². The molecule has 0 amide bonds. The molecule has 0 radical (unpaired) electrons. The van der Waals surface area contributed by atoms with Gasteiger partial charge in [0.05, 0.1) is 12.0 Å². The zero-order valence-corrected chi connectivity index (χ0v) is 6.51. The zero-order valence-electron chi connectivity index (χ0n) is 6.51. The molecule has 0 aromatic carbocycles. The Bertz CT molecular complexity index is 235. The standard InChI is InChI=1S/C8H13N3/c9-8-7(10-5-11-8)6-3-1-2-4-6/h5-6H,1-4,9H2,(H,10,11). The second-order valence-electron chi connectivity index (χ2n) is 3.18. The van der Waals surface area contributed by atoms with Gasteiger partial charge in [0.15, 0.2) is 0 Å². The minimum atomic E-state index is 0.650. The number of hydrogen-bond donors (Lipinski definition) is 2. The summed E-state index contributed by atoms with van der Waals surface area (Å²) in [7, 11) is 0. The summed E-state index contributed by atoms with van der Waals surface area (Å²) >= 11 is 0. The van der Waals surface area contributed by atoms with E-state index in [-0.39, 0.29) is 0 Å². The second-order valence-corrected chi connectivity index (χ2v) is 3.18. The molecule has 1 heterocycles. The number of nitrogens with one attached hydrogen (secondary N) is 1. The number of nitrogens with zero attached hydrogens (tertiary/aromatic N) is 1. The molecular formula is C8H13N3. The van der Waals surface area contributed by atoms with E-state index < -0.39 is 0 Å². The Labute approximate surface area is 66.0 Å². The van der Waals surface area contributed by atoms with Gasteiger partial charge in [-0.3, -0.25) is 0 Å². The number of nitrogens with two attached hydrogens (primary N) is 1. The molecule has 1 aromatic heterocycles. The number of rotatable bonds is 1. The zero-order chi connectivity index (χ0) is 7.68. The largest absolute Gasteiger partial charge is 0.382 e. The van der Waals surface area contributed by atoms with Crippen LogP contribution in [-0.4, -0.2) is 9.97 Å². The molecular weight excluding hydrogens is 138 g/mol. The SMILES string of the molecule is Nc1nc[nH]c1C1CCCC1. The van der Waals surface area contributed by atoms with Crippen LogP contribution in [0.3, 0.4) is 0 Å². The van der Waals surface area contributed by atoms with Crippen molar-refractivity contribution in [2.24, 2.45) is 0 Å². The first kappa shape index (κ1) is 6.70. The predicted molar refractivity (Wildman–Crippen MR) is 44.2 cm³/mol. The fourth-order valence-corrected chi connectivity index (χ4v) is 1.86. The third-order valence-corrected chi connectivity index (χ3v) is 2.46. The lowest BCUT2D eigenvalue weighted by molar-refractivity contribution is 0.705. The normalized spacial score (nSPS) is 19.3. The lowest BCUT2D eigenvalue weighted by Crippen LogP contribution is -1.97. The minimum Gasteiger partial charge on any atom is -0.382 e. The summed E-state index contributed by atoms with van der Waals surface area (Å²) in [6.07, 6.45) is 6.90. The van der Waals surface area contributed by atoms with Crippen LogP contribution in [0.2, 0.25) is 0 Å². The highest BCUT2D eigenvalue weighted by molar-refractivity contribution is 5.36. The third-order valence-electron chi connectivity index (χ3n) is 2.46. The summed E-state index contributed by atoms with van der Waals surface area (Å²) in [6, 6.07) is 0. The van der Waals surface area contributed by atoms with Gasteiger partial charge in [0.25, 0.3) is 0 Å². The highest BCUT2D eigenvalue weighted by Crippen LogP contribution is 2.34. The maximum absolute atomic E-state index is 5.68. The number of aromatic nitrogens is 2. The smallest absolute Gasteiger partial charge is 0.144 e. The Kier molecular flexibility index (Phi) is 1.56. The van der Waals surface area contributed by atoms with Gasteiger partial charge in [0.1, 0.15) is 5.82 Å². The van der Waals surface area contributed by atoms with E-state index in [1.807, 2.05) is 0 Å². The van der Waals surface area contributed by atoms with E-state index in [9.17, 15) is 0 Å². The van der Waals surface area contributed by atoms with Gasteiger partial charge in [-0.25, -0.2) is 4.98 Å². The van der Waals surface area contributed by atoms with Crippen LogP contribution in [0.5, 0.6) is 0 Å². The topological polar surface area (TPSA) is 54.7 Å². The first-order chi connectivity index (χ1) is 5.38. The summed E-state index contributed by atoms with van der Waals surface area (Å²) in [4.78, 5) is 7.09. The number of hydrogen-bond acceptors (Lipinski definition) is 2. The van der Waals surface area contributed by atoms with Gasteiger partial charge >= 0.3 is 0 Å². The highest BCUT2D eigenvalue weighted by Gasteiger charge is 2.20. The average molecular weight is 151 g/mol. The number of anilines is 1. The fraction of sp³-hybridized carbons (Fsp3) is 0.625. The summed E-state index contributed by atoms with van der Waals surface area (Å²) in [5.74, 6) is 1.34. The first-order valence-corrected chi connectivity index (χ1v) is 4.16. The van der Waals surface area contributed by atoms with Crippen LogP contribution in [-0.2, 0) is 0 Å². The van der Waals surface area contributed by atoms with Crippen molar-refractivity contribution >= 4 is 5.82 Å². The van der Waals surface area contributed by atoms with Gasteiger partial charge in [-0.15, -0.1) is 0 Å². The van der Waals surface area contributed by atoms with Crippen molar-refractivity contribution in [3.8, 4) is 0 Å². The Morgan fingerprint density at radius 1 is 1.45 bits per heavy atom.